The van der Waals surface area contributed by atoms with Gasteiger partial charge < -0.3 is 4.42 Å². The van der Waals surface area contributed by atoms with Crippen LogP contribution in [0.25, 0.3) is 97.6 Å². The molecule has 3 aromatic heterocycles. The molecule has 0 radical (unpaired) electrons. The van der Waals surface area contributed by atoms with Crippen LogP contribution in [0.5, 0.6) is 0 Å². The number of aromatic nitrogens is 2. The molecule has 0 saturated heterocycles. The smallest absolute Gasteiger partial charge is 0.180 e. The molecule has 3 nitrogen and oxygen atoms in total. The molecule has 0 fully saturated rings. The summed E-state index contributed by atoms with van der Waals surface area (Å²) in [6.45, 7) is 0. The Hall–Kier alpha value is -5.84. The van der Waals surface area contributed by atoms with Gasteiger partial charge in [-0.3, -0.25) is 0 Å². The predicted molar refractivity (Wildman–Crippen MR) is 194 cm³/mol. The van der Waals surface area contributed by atoms with E-state index in [4.69, 9.17) is 14.4 Å². The molecular weight excluding hydrogens is 581 g/mol. The minimum atomic E-state index is 0.693. The van der Waals surface area contributed by atoms with Gasteiger partial charge in [-0.1, -0.05) is 103 Å². The highest BCUT2D eigenvalue weighted by Gasteiger charge is 2.21. The number of fused-ring (bicyclic) bond motifs is 8. The van der Waals surface area contributed by atoms with Crippen molar-refractivity contribution in [3.63, 3.8) is 0 Å². The second-order valence-corrected chi connectivity index (χ2v) is 12.9. The standard InChI is InChI=1S/C42H24N2OS/c1-3-11-27-21-29(19-17-25(27)9-1)31-23-34(38-33-14-6-8-16-36(33)46-37(38)24-31)42-43-39(30-20-18-26-10-2-4-12-28(26)22-30)41-40(44-42)32-13-5-7-15-35(32)45-41/h1-24H. The maximum Gasteiger partial charge on any atom is 0.180 e. The number of furan rings is 1. The van der Waals surface area contributed by atoms with Gasteiger partial charge in [-0.05, 0) is 75.1 Å². The van der Waals surface area contributed by atoms with Gasteiger partial charge in [0.1, 0.15) is 16.8 Å². The largest absolute Gasteiger partial charge is 0.452 e. The SMILES string of the molecule is c1ccc2cc(-c3cc(-c4nc(-c5ccc6ccccc6c5)c5oc6ccccc6c5n4)c4c(c3)sc3ccccc34)ccc2c1. The van der Waals surface area contributed by atoms with E-state index in [0.29, 0.717) is 11.4 Å². The lowest BCUT2D eigenvalue weighted by Gasteiger charge is -2.11. The summed E-state index contributed by atoms with van der Waals surface area (Å²) in [4.78, 5) is 10.7. The zero-order valence-electron chi connectivity index (χ0n) is 24.6. The third-order valence-corrected chi connectivity index (χ3v) is 10.2. The Kier molecular flexibility index (Phi) is 5.45. The number of thiophene rings is 1. The number of hydrogen-bond acceptors (Lipinski definition) is 4. The van der Waals surface area contributed by atoms with Gasteiger partial charge in [0.15, 0.2) is 11.4 Å². The Morgan fingerprint density at radius 2 is 1.13 bits per heavy atom. The van der Waals surface area contributed by atoms with Gasteiger partial charge >= 0.3 is 0 Å². The van der Waals surface area contributed by atoms with Crippen LogP contribution in [-0.4, -0.2) is 9.97 Å². The molecule has 0 amide bonds. The summed E-state index contributed by atoms with van der Waals surface area (Å²) in [5.74, 6) is 0.693. The molecular formula is C42H24N2OS. The van der Waals surface area contributed by atoms with Crippen LogP contribution in [0.15, 0.2) is 150 Å². The third-order valence-electron chi connectivity index (χ3n) is 9.04. The molecule has 0 saturated carbocycles. The van der Waals surface area contributed by atoms with Gasteiger partial charge in [-0.25, -0.2) is 9.97 Å². The van der Waals surface area contributed by atoms with Gasteiger partial charge in [0.2, 0.25) is 0 Å². The van der Waals surface area contributed by atoms with E-state index in [-0.39, 0.29) is 0 Å². The van der Waals surface area contributed by atoms with Crippen molar-refractivity contribution in [1.29, 1.82) is 0 Å². The molecule has 4 heteroatoms. The molecule has 10 aromatic rings. The molecule has 7 aromatic carbocycles. The number of nitrogens with zero attached hydrogens (tertiary/aromatic N) is 2. The lowest BCUT2D eigenvalue weighted by molar-refractivity contribution is 0.667. The van der Waals surface area contributed by atoms with E-state index < -0.39 is 0 Å². The zero-order valence-corrected chi connectivity index (χ0v) is 25.4. The fourth-order valence-corrected chi connectivity index (χ4v) is 7.98. The zero-order chi connectivity index (χ0) is 30.2. The van der Waals surface area contributed by atoms with Crippen molar-refractivity contribution in [3.8, 4) is 33.8 Å². The fraction of sp³-hybridized carbons (Fsp3) is 0. The van der Waals surface area contributed by atoms with Crippen LogP contribution in [0.2, 0.25) is 0 Å². The van der Waals surface area contributed by atoms with E-state index in [1.807, 2.05) is 29.5 Å². The molecule has 3 heterocycles. The maximum atomic E-state index is 6.49. The average Bonchev–Trinajstić information content (AvgIpc) is 3.69. The molecule has 0 atom stereocenters. The Balaban J connectivity index is 1.30. The van der Waals surface area contributed by atoms with Crippen molar-refractivity contribution in [3.05, 3.63) is 146 Å². The normalized spacial score (nSPS) is 11.9. The molecule has 0 unspecified atom stereocenters. The molecule has 10 rings (SSSR count). The van der Waals surface area contributed by atoms with Gasteiger partial charge in [-0.2, -0.15) is 0 Å². The molecule has 46 heavy (non-hydrogen) atoms. The number of benzene rings is 7. The minimum Gasteiger partial charge on any atom is -0.452 e. The second kappa shape index (κ2) is 9.83. The average molecular weight is 605 g/mol. The summed E-state index contributed by atoms with van der Waals surface area (Å²) in [6.07, 6.45) is 0. The minimum absolute atomic E-state index is 0.693. The van der Waals surface area contributed by atoms with E-state index in [2.05, 4.69) is 127 Å². The monoisotopic (exact) mass is 604 g/mol. The van der Waals surface area contributed by atoms with Crippen molar-refractivity contribution in [1.82, 2.24) is 9.97 Å². The van der Waals surface area contributed by atoms with Gasteiger partial charge in [0, 0.05) is 36.7 Å². The third kappa shape index (κ3) is 3.91. The first-order valence-corrected chi connectivity index (χ1v) is 16.2. The van der Waals surface area contributed by atoms with Crippen LogP contribution in [0.1, 0.15) is 0 Å². The van der Waals surface area contributed by atoms with Gasteiger partial charge in [-0.15, -0.1) is 11.3 Å². The summed E-state index contributed by atoms with van der Waals surface area (Å²) in [5, 5.41) is 8.19. The molecule has 0 aliphatic rings. The van der Waals surface area contributed by atoms with E-state index >= 15 is 0 Å². The van der Waals surface area contributed by atoms with Crippen LogP contribution in [0.4, 0.5) is 0 Å². The van der Waals surface area contributed by atoms with Crippen LogP contribution < -0.4 is 0 Å². The lowest BCUT2D eigenvalue weighted by Crippen LogP contribution is -1.95. The summed E-state index contributed by atoms with van der Waals surface area (Å²) in [6, 6.07) is 51.5. The predicted octanol–water partition coefficient (Wildman–Crippen LogP) is 12.1. The first-order valence-electron chi connectivity index (χ1n) is 15.4. The number of hydrogen-bond donors (Lipinski definition) is 0. The first kappa shape index (κ1) is 25.5. The van der Waals surface area contributed by atoms with Crippen molar-refractivity contribution < 1.29 is 4.42 Å². The van der Waals surface area contributed by atoms with E-state index in [1.54, 1.807) is 0 Å². The molecule has 0 spiro atoms. The molecule has 0 N–H and O–H groups in total. The number of para-hydroxylation sites is 1. The quantitative estimate of drug-likeness (QED) is 0.201. The Morgan fingerprint density at radius 1 is 0.478 bits per heavy atom. The summed E-state index contributed by atoms with van der Waals surface area (Å²) >= 11 is 1.82. The highest BCUT2D eigenvalue weighted by Crippen LogP contribution is 2.44. The highest BCUT2D eigenvalue weighted by molar-refractivity contribution is 7.26. The summed E-state index contributed by atoms with van der Waals surface area (Å²) in [7, 11) is 0. The van der Waals surface area contributed by atoms with Crippen LogP contribution in [0.3, 0.4) is 0 Å². The first-order chi connectivity index (χ1) is 22.8. The molecule has 0 bridgehead atoms. The van der Waals surface area contributed by atoms with E-state index in [9.17, 15) is 0 Å². The van der Waals surface area contributed by atoms with Crippen molar-refractivity contribution in [2.24, 2.45) is 0 Å². The van der Waals surface area contributed by atoms with E-state index in [0.717, 1.165) is 44.3 Å². The Bertz CT molecular complexity index is 2830. The van der Waals surface area contributed by atoms with Crippen molar-refractivity contribution in [2.75, 3.05) is 0 Å². The van der Waals surface area contributed by atoms with Gasteiger partial charge in [0.05, 0.1) is 0 Å². The topological polar surface area (TPSA) is 38.9 Å². The maximum absolute atomic E-state index is 6.49. The van der Waals surface area contributed by atoms with Crippen molar-refractivity contribution in [2.45, 2.75) is 0 Å². The van der Waals surface area contributed by atoms with E-state index in [1.165, 1.54) is 41.9 Å². The van der Waals surface area contributed by atoms with Crippen LogP contribution >= 0.6 is 11.3 Å². The Labute approximate surface area is 268 Å². The molecule has 214 valence electrons. The number of rotatable bonds is 3. The molecule has 0 aliphatic heterocycles. The highest BCUT2D eigenvalue weighted by atomic mass is 32.1. The summed E-state index contributed by atoms with van der Waals surface area (Å²) in [5.41, 5.74) is 7.48. The lowest BCUT2D eigenvalue weighted by atomic mass is 9.96. The van der Waals surface area contributed by atoms with Crippen molar-refractivity contribution >= 4 is 75.1 Å². The fourth-order valence-electron chi connectivity index (χ4n) is 6.81. The second-order valence-electron chi connectivity index (χ2n) is 11.8. The van der Waals surface area contributed by atoms with Gasteiger partial charge in [0.25, 0.3) is 0 Å². The van der Waals surface area contributed by atoms with Crippen LogP contribution in [-0.2, 0) is 0 Å². The Morgan fingerprint density at radius 3 is 1.93 bits per heavy atom. The molecule has 0 aliphatic carbocycles. The summed E-state index contributed by atoms with van der Waals surface area (Å²) < 4.78 is 8.96. The van der Waals surface area contributed by atoms with Crippen LogP contribution in [0, 0.1) is 0 Å².